The van der Waals surface area contributed by atoms with Crippen LogP contribution in [-0.4, -0.2) is 71.2 Å². The smallest absolute Gasteiger partial charge is 0.257 e. The van der Waals surface area contributed by atoms with Crippen molar-refractivity contribution in [2.75, 3.05) is 52.9 Å². The number of nitrogens with one attached hydrogen (secondary N) is 1. The first-order chi connectivity index (χ1) is 15.4. The number of nitrogens with zero attached hydrogens (tertiary/aromatic N) is 2. The molecule has 0 unspecified atom stereocenters. The van der Waals surface area contributed by atoms with Crippen LogP contribution < -0.4 is 10.1 Å². The van der Waals surface area contributed by atoms with Crippen molar-refractivity contribution in [1.29, 1.82) is 0 Å². The van der Waals surface area contributed by atoms with Crippen LogP contribution in [0.15, 0.2) is 47.4 Å². The number of aromatic nitrogens is 1. The number of ether oxygens (including phenoxy) is 3. The van der Waals surface area contributed by atoms with Gasteiger partial charge in [0.2, 0.25) is 10.0 Å². The Kier molecular flexibility index (Phi) is 8.15. The van der Waals surface area contributed by atoms with E-state index in [9.17, 15) is 13.2 Å². The van der Waals surface area contributed by atoms with Gasteiger partial charge in [0.05, 0.1) is 35.4 Å². The second-order valence-electron chi connectivity index (χ2n) is 6.72. The lowest BCUT2D eigenvalue weighted by Gasteiger charge is -2.21. The predicted molar refractivity (Wildman–Crippen MR) is 123 cm³/mol. The summed E-state index contributed by atoms with van der Waals surface area (Å²) in [7, 11) is 0.856. The van der Waals surface area contributed by atoms with Crippen LogP contribution >= 0.6 is 11.3 Å². The van der Waals surface area contributed by atoms with E-state index in [1.807, 2.05) is 12.1 Å². The lowest BCUT2D eigenvalue weighted by molar-refractivity contribution is 0.102. The molecule has 0 radical (unpaired) electrons. The molecule has 2 aromatic carbocycles. The van der Waals surface area contributed by atoms with Crippen LogP contribution in [-0.2, 0) is 19.5 Å². The molecule has 0 aliphatic carbocycles. The molecule has 3 rings (SSSR count). The van der Waals surface area contributed by atoms with Crippen LogP contribution in [0.2, 0.25) is 0 Å². The molecule has 0 atom stereocenters. The Labute approximate surface area is 191 Å². The van der Waals surface area contributed by atoms with E-state index in [1.165, 1.54) is 54.1 Å². The van der Waals surface area contributed by atoms with Crippen molar-refractivity contribution in [2.45, 2.75) is 4.90 Å². The van der Waals surface area contributed by atoms with Gasteiger partial charge in [0.1, 0.15) is 5.75 Å². The van der Waals surface area contributed by atoms with E-state index >= 15 is 0 Å². The molecule has 0 saturated heterocycles. The molecule has 0 spiro atoms. The Morgan fingerprint density at radius 1 is 1.03 bits per heavy atom. The monoisotopic (exact) mass is 479 g/mol. The predicted octanol–water partition coefficient (Wildman–Crippen LogP) is 2.84. The average molecular weight is 480 g/mol. The van der Waals surface area contributed by atoms with Crippen LogP contribution in [0.25, 0.3) is 10.2 Å². The summed E-state index contributed by atoms with van der Waals surface area (Å²) in [6.07, 6.45) is 0. The fraction of sp³-hybridized carbons (Fsp3) is 0.333. The first-order valence-electron chi connectivity index (χ1n) is 9.73. The average Bonchev–Trinajstić information content (AvgIpc) is 3.20. The minimum atomic E-state index is -3.75. The number of thiazole rings is 1. The summed E-state index contributed by atoms with van der Waals surface area (Å²) >= 11 is 1.33. The van der Waals surface area contributed by atoms with Crippen molar-refractivity contribution in [1.82, 2.24) is 9.29 Å². The summed E-state index contributed by atoms with van der Waals surface area (Å²) in [5.74, 6) is 0.330. The van der Waals surface area contributed by atoms with Crippen LogP contribution in [0.3, 0.4) is 0 Å². The Bertz CT molecular complexity index is 1150. The first kappa shape index (κ1) is 24.1. The normalized spacial score (nSPS) is 11.8. The van der Waals surface area contributed by atoms with E-state index in [0.717, 1.165) is 10.2 Å². The summed E-state index contributed by atoms with van der Waals surface area (Å²) in [4.78, 5) is 17.1. The van der Waals surface area contributed by atoms with Crippen molar-refractivity contribution < 1.29 is 27.4 Å². The summed E-state index contributed by atoms with van der Waals surface area (Å²) < 4.78 is 43.3. The number of rotatable bonds is 11. The van der Waals surface area contributed by atoms with Gasteiger partial charge in [0.25, 0.3) is 5.91 Å². The van der Waals surface area contributed by atoms with Crippen molar-refractivity contribution in [3.05, 3.63) is 48.0 Å². The lowest BCUT2D eigenvalue weighted by atomic mass is 10.2. The van der Waals surface area contributed by atoms with E-state index in [4.69, 9.17) is 14.2 Å². The summed E-state index contributed by atoms with van der Waals surface area (Å²) in [6.45, 7) is 0.925. The second-order valence-corrected chi connectivity index (χ2v) is 9.69. The van der Waals surface area contributed by atoms with Gasteiger partial charge < -0.3 is 14.2 Å². The number of carbonyl (C=O) groups is 1. The van der Waals surface area contributed by atoms with Gasteiger partial charge >= 0.3 is 0 Å². The molecular weight excluding hydrogens is 454 g/mol. The highest BCUT2D eigenvalue weighted by atomic mass is 32.2. The molecule has 3 aromatic rings. The maximum absolute atomic E-state index is 13.0. The van der Waals surface area contributed by atoms with Crippen molar-refractivity contribution >= 4 is 42.6 Å². The van der Waals surface area contributed by atoms with Crippen molar-refractivity contribution in [2.24, 2.45) is 0 Å². The number of hydrogen-bond acceptors (Lipinski definition) is 8. The minimum absolute atomic E-state index is 0.0911. The fourth-order valence-electron chi connectivity index (χ4n) is 2.92. The third kappa shape index (κ3) is 5.61. The van der Waals surface area contributed by atoms with Crippen LogP contribution in [0.4, 0.5) is 5.13 Å². The zero-order chi connectivity index (χ0) is 23.1. The highest BCUT2D eigenvalue weighted by molar-refractivity contribution is 7.89. The number of anilines is 1. The van der Waals surface area contributed by atoms with E-state index in [0.29, 0.717) is 16.4 Å². The molecule has 11 heteroatoms. The molecule has 32 heavy (non-hydrogen) atoms. The van der Waals surface area contributed by atoms with E-state index in [1.54, 1.807) is 13.2 Å². The molecule has 172 valence electrons. The molecule has 1 amide bonds. The third-order valence-electron chi connectivity index (χ3n) is 4.66. The summed E-state index contributed by atoms with van der Waals surface area (Å²) in [5.41, 5.74) is 1.07. The topological polar surface area (TPSA) is 107 Å². The lowest BCUT2D eigenvalue weighted by Crippen LogP contribution is -2.36. The Morgan fingerprint density at radius 2 is 1.69 bits per heavy atom. The molecular formula is C21H25N3O6S2. The molecule has 0 aliphatic heterocycles. The number of amides is 1. The van der Waals surface area contributed by atoms with Crippen LogP contribution in [0, 0.1) is 0 Å². The Balaban J connectivity index is 1.74. The maximum Gasteiger partial charge on any atom is 0.257 e. The number of carbonyl (C=O) groups excluding carboxylic acids is 1. The van der Waals surface area contributed by atoms with Crippen LogP contribution in [0.5, 0.6) is 5.75 Å². The number of methoxy groups -OCH3 is 3. The van der Waals surface area contributed by atoms with E-state index in [-0.39, 0.29) is 37.1 Å². The summed E-state index contributed by atoms with van der Waals surface area (Å²) in [5, 5.41) is 3.20. The molecule has 0 fully saturated rings. The molecule has 0 saturated carbocycles. The van der Waals surface area contributed by atoms with E-state index in [2.05, 4.69) is 10.3 Å². The Morgan fingerprint density at radius 3 is 2.28 bits per heavy atom. The third-order valence-corrected chi connectivity index (χ3v) is 7.51. The van der Waals surface area contributed by atoms with Crippen LogP contribution in [0.1, 0.15) is 10.4 Å². The number of sulfonamides is 1. The minimum Gasteiger partial charge on any atom is -0.497 e. The van der Waals surface area contributed by atoms with Gasteiger partial charge in [-0.1, -0.05) is 11.3 Å². The molecule has 1 heterocycles. The Hall–Kier alpha value is -2.57. The standard InChI is InChI=1S/C21H25N3O6S2/c1-28-12-10-24(11-13-29-2)32(26,27)17-7-4-15(5-8-17)20(25)23-21-22-18-9-6-16(30-3)14-19(18)31-21/h4-9,14H,10-13H2,1-3H3,(H,22,23,25). The number of hydrogen-bond donors (Lipinski definition) is 1. The van der Waals surface area contributed by atoms with Gasteiger partial charge in [-0.05, 0) is 42.5 Å². The second kappa shape index (κ2) is 10.8. The molecule has 0 aliphatic rings. The molecule has 1 N–H and O–H groups in total. The SMILES string of the molecule is COCCN(CCOC)S(=O)(=O)c1ccc(C(=O)Nc2nc3ccc(OC)cc3s2)cc1. The number of fused-ring (bicyclic) bond motifs is 1. The van der Waals surface area contributed by atoms with Gasteiger partial charge in [-0.2, -0.15) is 4.31 Å². The first-order valence-corrected chi connectivity index (χ1v) is 12.0. The van der Waals surface area contributed by atoms with Gasteiger partial charge in [-0.25, -0.2) is 13.4 Å². The fourth-order valence-corrected chi connectivity index (χ4v) is 5.22. The zero-order valence-corrected chi connectivity index (χ0v) is 19.7. The summed E-state index contributed by atoms with van der Waals surface area (Å²) in [6, 6.07) is 11.3. The van der Waals surface area contributed by atoms with Gasteiger partial charge in [0.15, 0.2) is 5.13 Å². The van der Waals surface area contributed by atoms with Gasteiger partial charge in [-0.3, -0.25) is 10.1 Å². The number of benzene rings is 2. The van der Waals surface area contributed by atoms with Crippen molar-refractivity contribution in [3.63, 3.8) is 0 Å². The zero-order valence-electron chi connectivity index (χ0n) is 18.0. The molecule has 0 bridgehead atoms. The highest BCUT2D eigenvalue weighted by Crippen LogP contribution is 2.29. The van der Waals surface area contributed by atoms with Gasteiger partial charge in [-0.15, -0.1) is 0 Å². The van der Waals surface area contributed by atoms with Crippen molar-refractivity contribution in [3.8, 4) is 5.75 Å². The van der Waals surface area contributed by atoms with Gasteiger partial charge in [0, 0.05) is 32.9 Å². The molecule has 9 nitrogen and oxygen atoms in total. The van der Waals surface area contributed by atoms with E-state index < -0.39 is 10.0 Å². The highest BCUT2D eigenvalue weighted by Gasteiger charge is 2.24. The molecule has 1 aromatic heterocycles. The largest absolute Gasteiger partial charge is 0.497 e. The quantitative estimate of drug-likeness (QED) is 0.451. The maximum atomic E-state index is 13.0.